The standard InChI is InChI=1S/C14H26N4O2S/c1-12-14(13(2)18(16-12)11-8-15-3)21(19,20)17-9-6-4-5-7-10-17/h15H,4-11H2,1-3H3. The van der Waals surface area contributed by atoms with E-state index in [1.54, 1.807) is 15.9 Å². The van der Waals surface area contributed by atoms with Gasteiger partial charge in [0.1, 0.15) is 4.90 Å². The molecule has 0 unspecified atom stereocenters. The molecule has 7 heteroatoms. The highest BCUT2D eigenvalue weighted by Crippen LogP contribution is 2.25. The number of nitrogens with one attached hydrogen (secondary N) is 1. The molecule has 1 saturated heterocycles. The molecule has 0 spiro atoms. The smallest absolute Gasteiger partial charge is 0.246 e. The van der Waals surface area contributed by atoms with Crippen LogP contribution in [0.1, 0.15) is 37.1 Å². The van der Waals surface area contributed by atoms with Crippen molar-refractivity contribution >= 4 is 10.0 Å². The second kappa shape index (κ2) is 6.89. The third-order valence-electron chi connectivity index (χ3n) is 4.05. The van der Waals surface area contributed by atoms with Crippen molar-refractivity contribution in [3.05, 3.63) is 11.4 Å². The molecule has 2 heterocycles. The Morgan fingerprint density at radius 3 is 2.33 bits per heavy atom. The highest BCUT2D eigenvalue weighted by Gasteiger charge is 2.31. The summed E-state index contributed by atoms with van der Waals surface area (Å²) in [4.78, 5) is 0.403. The molecule has 0 aromatic carbocycles. The summed E-state index contributed by atoms with van der Waals surface area (Å²) in [6.45, 7) is 6.34. The second-order valence-corrected chi connectivity index (χ2v) is 7.52. The van der Waals surface area contributed by atoms with Crippen LogP contribution in [0, 0.1) is 13.8 Å². The molecular weight excluding hydrogens is 288 g/mol. The molecule has 120 valence electrons. The van der Waals surface area contributed by atoms with E-state index in [1.807, 2.05) is 14.0 Å². The van der Waals surface area contributed by atoms with Gasteiger partial charge in [0.2, 0.25) is 10.0 Å². The second-order valence-electron chi connectivity index (χ2n) is 5.64. The van der Waals surface area contributed by atoms with Gasteiger partial charge in [0.05, 0.1) is 17.9 Å². The van der Waals surface area contributed by atoms with Crippen LogP contribution in [0.2, 0.25) is 0 Å². The average Bonchev–Trinajstić information content (AvgIpc) is 2.63. The molecule has 1 aromatic heterocycles. The van der Waals surface area contributed by atoms with E-state index < -0.39 is 10.0 Å². The van der Waals surface area contributed by atoms with Crippen LogP contribution in [-0.2, 0) is 16.6 Å². The van der Waals surface area contributed by atoms with E-state index >= 15 is 0 Å². The molecule has 1 aliphatic heterocycles. The number of rotatable bonds is 5. The van der Waals surface area contributed by atoms with Crippen LogP contribution < -0.4 is 5.32 Å². The van der Waals surface area contributed by atoms with Gasteiger partial charge >= 0.3 is 0 Å². The van der Waals surface area contributed by atoms with Crippen molar-refractivity contribution in [2.24, 2.45) is 0 Å². The van der Waals surface area contributed by atoms with Crippen LogP contribution in [0.15, 0.2) is 4.90 Å². The van der Waals surface area contributed by atoms with Gasteiger partial charge in [-0.1, -0.05) is 12.8 Å². The first-order chi connectivity index (χ1) is 9.98. The molecule has 0 amide bonds. The Morgan fingerprint density at radius 1 is 1.14 bits per heavy atom. The summed E-state index contributed by atoms with van der Waals surface area (Å²) in [5.74, 6) is 0. The third kappa shape index (κ3) is 3.46. The van der Waals surface area contributed by atoms with Crippen molar-refractivity contribution < 1.29 is 8.42 Å². The lowest BCUT2D eigenvalue weighted by molar-refractivity contribution is 0.423. The van der Waals surface area contributed by atoms with E-state index in [9.17, 15) is 8.42 Å². The van der Waals surface area contributed by atoms with Gasteiger partial charge in [-0.25, -0.2) is 8.42 Å². The van der Waals surface area contributed by atoms with E-state index in [0.717, 1.165) is 37.9 Å². The molecule has 21 heavy (non-hydrogen) atoms. The fraction of sp³-hybridized carbons (Fsp3) is 0.786. The van der Waals surface area contributed by atoms with Gasteiger partial charge < -0.3 is 5.32 Å². The maximum Gasteiger partial charge on any atom is 0.246 e. The zero-order chi connectivity index (χ0) is 15.5. The van der Waals surface area contributed by atoms with Crippen molar-refractivity contribution in [1.82, 2.24) is 19.4 Å². The molecule has 2 rings (SSSR count). The van der Waals surface area contributed by atoms with Gasteiger partial charge in [0, 0.05) is 19.6 Å². The SMILES string of the molecule is CNCCn1nc(C)c(S(=O)(=O)N2CCCCCC2)c1C. The maximum atomic E-state index is 12.9. The van der Waals surface area contributed by atoms with Crippen LogP contribution >= 0.6 is 0 Å². The minimum atomic E-state index is -3.42. The Balaban J connectivity index is 2.32. The van der Waals surface area contributed by atoms with E-state index in [2.05, 4.69) is 10.4 Å². The summed E-state index contributed by atoms with van der Waals surface area (Å²) in [6.07, 6.45) is 4.13. The molecule has 0 bridgehead atoms. The first-order valence-corrected chi connectivity index (χ1v) is 9.11. The zero-order valence-corrected chi connectivity index (χ0v) is 14.0. The molecule has 6 nitrogen and oxygen atoms in total. The third-order valence-corrected chi connectivity index (χ3v) is 6.20. The topological polar surface area (TPSA) is 67.2 Å². The summed E-state index contributed by atoms with van der Waals surface area (Å²) >= 11 is 0. The van der Waals surface area contributed by atoms with E-state index in [0.29, 0.717) is 30.2 Å². The molecule has 1 N–H and O–H groups in total. The van der Waals surface area contributed by atoms with Crippen LogP contribution in [0.5, 0.6) is 0 Å². The molecule has 0 radical (unpaired) electrons. The van der Waals surface area contributed by atoms with Crippen LogP contribution in [0.4, 0.5) is 0 Å². The highest BCUT2D eigenvalue weighted by atomic mass is 32.2. The van der Waals surface area contributed by atoms with Gasteiger partial charge in [-0.05, 0) is 33.7 Å². The fourth-order valence-electron chi connectivity index (χ4n) is 2.90. The molecule has 1 aromatic rings. The lowest BCUT2D eigenvalue weighted by atomic mass is 10.2. The predicted octanol–water partition coefficient (Wildman–Crippen LogP) is 1.28. The van der Waals surface area contributed by atoms with Crippen molar-refractivity contribution in [2.75, 3.05) is 26.7 Å². The van der Waals surface area contributed by atoms with Gasteiger partial charge in [-0.3, -0.25) is 4.68 Å². The number of nitrogens with zero attached hydrogens (tertiary/aromatic N) is 3. The Kier molecular flexibility index (Phi) is 5.40. The normalized spacial score (nSPS) is 17.9. The number of likely N-dealkylation sites (N-methyl/N-ethyl adjacent to an activating group) is 1. The minimum absolute atomic E-state index is 0.403. The summed E-state index contributed by atoms with van der Waals surface area (Å²) in [5.41, 5.74) is 1.35. The fourth-order valence-corrected chi connectivity index (χ4v) is 4.79. The van der Waals surface area contributed by atoms with Crippen molar-refractivity contribution in [1.29, 1.82) is 0 Å². The number of hydrogen-bond donors (Lipinski definition) is 1. The average molecular weight is 314 g/mol. The van der Waals surface area contributed by atoms with E-state index in [4.69, 9.17) is 0 Å². The molecule has 0 aliphatic carbocycles. The predicted molar refractivity (Wildman–Crippen MR) is 82.9 cm³/mol. The lowest BCUT2D eigenvalue weighted by Gasteiger charge is -2.20. The molecule has 0 atom stereocenters. The Bertz CT molecular complexity index is 572. The van der Waals surface area contributed by atoms with Crippen molar-refractivity contribution in [2.45, 2.75) is 51.0 Å². The van der Waals surface area contributed by atoms with Gasteiger partial charge in [0.15, 0.2) is 0 Å². The maximum absolute atomic E-state index is 12.9. The first kappa shape index (κ1) is 16.5. The summed E-state index contributed by atoms with van der Waals surface area (Å²) in [6, 6.07) is 0. The summed E-state index contributed by atoms with van der Waals surface area (Å²) in [5, 5.41) is 7.46. The van der Waals surface area contributed by atoms with Crippen molar-refractivity contribution in [3.8, 4) is 0 Å². The van der Waals surface area contributed by atoms with Gasteiger partial charge in [0.25, 0.3) is 0 Å². The van der Waals surface area contributed by atoms with Gasteiger partial charge in [-0.15, -0.1) is 0 Å². The molecule has 1 aliphatic rings. The Labute approximate surface area is 127 Å². The number of sulfonamides is 1. The zero-order valence-electron chi connectivity index (χ0n) is 13.2. The quantitative estimate of drug-likeness (QED) is 0.889. The molecular formula is C14H26N4O2S. The first-order valence-electron chi connectivity index (χ1n) is 7.67. The number of hydrogen-bond acceptors (Lipinski definition) is 4. The Morgan fingerprint density at radius 2 is 1.76 bits per heavy atom. The number of aromatic nitrogens is 2. The highest BCUT2D eigenvalue weighted by molar-refractivity contribution is 7.89. The summed E-state index contributed by atoms with van der Waals surface area (Å²) < 4.78 is 29.3. The van der Waals surface area contributed by atoms with E-state index in [1.165, 1.54) is 0 Å². The minimum Gasteiger partial charge on any atom is -0.318 e. The van der Waals surface area contributed by atoms with Crippen LogP contribution in [0.3, 0.4) is 0 Å². The monoisotopic (exact) mass is 314 g/mol. The largest absolute Gasteiger partial charge is 0.318 e. The molecule has 1 fully saturated rings. The molecule has 0 saturated carbocycles. The lowest BCUT2D eigenvalue weighted by Crippen LogP contribution is -2.32. The van der Waals surface area contributed by atoms with Gasteiger partial charge in [-0.2, -0.15) is 9.40 Å². The Hall–Kier alpha value is -0.920. The number of aryl methyl sites for hydroxylation is 1. The van der Waals surface area contributed by atoms with Crippen molar-refractivity contribution in [3.63, 3.8) is 0 Å². The summed E-state index contributed by atoms with van der Waals surface area (Å²) in [7, 11) is -1.55. The van der Waals surface area contributed by atoms with Crippen LogP contribution in [0.25, 0.3) is 0 Å². The van der Waals surface area contributed by atoms with Crippen LogP contribution in [-0.4, -0.2) is 49.2 Å². The van der Waals surface area contributed by atoms with E-state index in [-0.39, 0.29) is 0 Å².